The van der Waals surface area contributed by atoms with Crippen molar-refractivity contribution in [3.8, 4) is 0 Å². The summed E-state index contributed by atoms with van der Waals surface area (Å²) in [6, 6.07) is 21.7. The molecule has 3 aromatic rings. The van der Waals surface area contributed by atoms with Crippen LogP contribution >= 0.6 is 0 Å². The molecule has 1 heterocycles. The van der Waals surface area contributed by atoms with Gasteiger partial charge in [0.1, 0.15) is 6.04 Å². The van der Waals surface area contributed by atoms with Crippen molar-refractivity contribution < 1.29 is 23.9 Å². The third-order valence-corrected chi connectivity index (χ3v) is 6.90. The molecule has 36 heavy (non-hydrogen) atoms. The van der Waals surface area contributed by atoms with Gasteiger partial charge in [0, 0.05) is 6.54 Å². The first-order chi connectivity index (χ1) is 17.4. The first-order valence-corrected chi connectivity index (χ1v) is 12.4. The molecule has 0 aromatic heterocycles. The van der Waals surface area contributed by atoms with Crippen LogP contribution in [0.5, 0.6) is 0 Å². The number of carbonyl (C=O) groups is 3. The number of nitrogens with one attached hydrogen (secondary N) is 2. The highest BCUT2D eigenvalue weighted by atomic mass is 16.6. The fraction of sp³-hybridized carbons (Fsp3) is 0.345. The van der Waals surface area contributed by atoms with Crippen molar-refractivity contribution in [1.82, 2.24) is 10.6 Å². The molecular weight excluding hydrogens is 456 g/mol. The molecule has 7 heteroatoms. The van der Waals surface area contributed by atoms with E-state index < -0.39 is 30.1 Å². The Balaban J connectivity index is 1.27. The fourth-order valence-electron chi connectivity index (χ4n) is 4.75. The Morgan fingerprint density at radius 3 is 2.50 bits per heavy atom. The highest BCUT2D eigenvalue weighted by Crippen LogP contribution is 2.49. The summed E-state index contributed by atoms with van der Waals surface area (Å²) >= 11 is 0. The summed E-state index contributed by atoms with van der Waals surface area (Å²) < 4.78 is 10.2. The number of aryl methyl sites for hydroxylation is 1. The molecule has 2 aliphatic rings. The van der Waals surface area contributed by atoms with Crippen molar-refractivity contribution in [2.75, 3.05) is 6.61 Å². The predicted octanol–water partition coefficient (Wildman–Crippen LogP) is 3.38. The second-order valence-electron chi connectivity index (χ2n) is 9.53. The van der Waals surface area contributed by atoms with Gasteiger partial charge < -0.3 is 20.1 Å². The molecule has 2 N–H and O–H groups in total. The maximum Gasteiger partial charge on any atom is 0.338 e. The van der Waals surface area contributed by atoms with Crippen LogP contribution in [0.1, 0.15) is 36.0 Å². The quantitative estimate of drug-likeness (QED) is 0.357. The average molecular weight is 487 g/mol. The van der Waals surface area contributed by atoms with E-state index in [1.165, 1.54) is 5.56 Å². The van der Waals surface area contributed by atoms with Crippen molar-refractivity contribution in [2.24, 2.45) is 5.92 Å². The number of rotatable bonds is 9. The molecule has 1 saturated heterocycles. The molecule has 2 amide bonds. The van der Waals surface area contributed by atoms with Gasteiger partial charge in [0.2, 0.25) is 5.91 Å². The Morgan fingerprint density at radius 2 is 1.75 bits per heavy atom. The summed E-state index contributed by atoms with van der Waals surface area (Å²) in [4.78, 5) is 38.1. The number of hydrogen-bond donors (Lipinski definition) is 2. The highest BCUT2D eigenvalue weighted by Gasteiger charge is 2.54. The van der Waals surface area contributed by atoms with E-state index in [0.717, 1.165) is 28.3 Å². The van der Waals surface area contributed by atoms with Gasteiger partial charge >= 0.3 is 5.97 Å². The van der Waals surface area contributed by atoms with Crippen molar-refractivity contribution in [2.45, 2.75) is 51.0 Å². The van der Waals surface area contributed by atoms with E-state index >= 15 is 0 Å². The van der Waals surface area contributed by atoms with E-state index in [9.17, 15) is 14.4 Å². The molecule has 5 atom stereocenters. The summed E-state index contributed by atoms with van der Waals surface area (Å²) in [5.74, 6) is -1.12. The zero-order valence-corrected chi connectivity index (χ0v) is 20.4. The smallest absolute Gasteiger partial charge is 0.338 e. The summed E-state index contributed by atoms with van der Waals surface area (Å²) in [6.07, 6.45) is -1.03. The second-order valence-corrected chi connectivity index (χ2v) is 9.53. The molecule has 7 nitrogen and oxygen atoms in total. The maximum atomic E-state index is 13.3. The monoisotopic (exact) mass is 486 g/mol. The van der Waals surface area contributed by atoms with E-state index in [2.05, 4.69) is 41.0 Å². The minimum atomic E-state index is -0.920. The number of benzene rings is 3. The lowest BCUT2D eigenvalue weighted by Gasteiger charge is -2.19. The number of epoxide rings is 1. The zero-order chi connectivity index (χ0) is 25.2. The summed E-state index contributed by atoms with van der Waals surface area (Å²) in [5, 5.41) is 8.10. The van der Waals surface area contributed by atoms with Crippen LogP contribution in [0.25, 0.3) is 10.8 Å². The number of esters is 1. The Labute approximate surface area is 210 Å². The van der Waals surface area contributed by atoms with E-state index in [-0.39, 0.29) is 24.3 Å². The van der Waals surface area contributed by atoms with Crippen LogP contribution in [0.15, 0.2) is 66.7 Å². The van der Waals surface area contributed by atoms with Crippen LogP contribution < -0.4 is 10.6 Å². The molecular formula is C29H30N2O5. The molecule has 1 aliphatic carbocycles. The van der Waals surface area contributed by atoms with E-state index in [1.807, 2.05) is 43.3 Å². The molecule has 5 rings (SSSR count). The molecule has 1 saturated carbocycles. The van der Waals surface area contributed by atoms with Crippen LogP contribution in [-0.4, -0.2) is 42.6 Å². The third kappa shape index (κ3) is 5.26. The zero-order valence-electron chi connectivity index (χ0n) is 20.4. The fourth-order valence-corrected chi connectivity index (χ4v) is 4.75. The van der Waals surface area contributed by atoms with Gasteiger partial charge in [-0.15, -0.1) is 0 Å². The van der Waals surface area contributed by atoms with Crippen LogP contribution in [0, 0.1) is 12.8 Å². The van der Waals surface area contributed by atoms with Gasteiger partial charge in [0.25, 0.3) is 5.91 Å². The van der Waals surface area contributed by atoms with Gasteiger partial charge in [0.15, 0.2) is 12.2 Å². The second kappa shape index (κ2) is 10.1. The minimum absolute atomic E-state index is 0.0342. The van der Waals surface area contributed by atoms with E-state index in [0.29, 0.717) is 6.54 Å². The first-order valence-electron chi connectivity index (χ1n) is 12.4. The van der Waals surface area contributed by atoms with Gasteiger partial charge in [-0.3, -0.25) is 9.59 Å². The summed E-state index contributed by atoms with van der Waals surface area (Å²) in [5.41, 5.74) is 3.30. The molecule has 2 fully saturated rings. The molecule has 1 aliphatic heterocycles. The number of ether oxygens (including phenoxy) is 2. The van der Waals surface area contributed by atoms with Gasteiger partial charge in [-0.25, -0.2) is 4.79 Å². The number of hydrogen-bond acceptors (Lipinski definition) is 5. The largest absolute Gasteiger partial charge is 0.464 e. The van der Waals surface area contributed by atoms with E-state index in [4.69, 9.17) is 9.47 Å². The summed E-state index contributed by atoms with van der Waals surface area (Å²) in [6.45, 7) is 4.30. The van der Waals surface area contributed by atoms with Crippen molar-refractivity contribution >= 4 is 28.6 Å². The van der Waals surface area contributed by atoms with Crippen molar-refractivity contribution in [1.29, 1.82) is 0 Å². The van der Waals surface area contributed by atoms with Crippen molar-refractivity contribution in [3.63, 3.8) is 0 Å². The Kier molecular flexibility index (Phi) is 6.74. The molecule has 5 unspecified atom stereocenters. The summed E-state index contributed by atoms with van der Waals surface area (Å²) in [7, 11) is 0. The van der Waals surface area contributed by atoms with Crippen molar-refractivity contribution in [3.05, 3.63) is 83.4 Å². The lowest BCUT2D eigenvalue weighted by Crippen LogP contribution is -2.49. The van der Waals surface area contributed by atoms with Crippen LogP contribution in [0.3, 0.4) is 0 Å². The topological polar surface area (TPSA) is 97.0 Å². The predicted molar refractivity (Wildman–Crippen MR) is 135 cm³/mol. The first kappa shape index (κ1) is 24.0. The molecule has 0 radical (unpaired) electrons. The average Bonchev–Trinajstić information content (AvgIpc) is 3.80. The van der Waals surface area contributed by atoms with Gasteiger partial charge in [-0.1, -0.05) is 66.2 Å². The number of fused-ring (bicyclic) bond motifs is 1. The standard InChI is InChI=1S/C29H30N2O5/c1-3-35-29(34)26-25(36-26)28(33)31-24(23-15-22(23)20-11-8-17(2)9-12-20)27(32)30-16-18-10-13-19-6-4-5-7-21(19)14-18/h4-14,22-26H,3,15-16H2,1-2H3,(H,30,32)(H,31,33). The highest BCUT2D eigenvalue weighted by molar-refractivity contribution is 5.96. The van der Waals surface area contributed by atoms with Crippen LogP contribution in [-0.2, 0) is 30.4 Å². The minimum Gasteiger partial charge on any atom is -0.464 e. The van der Waals surface area contributed by atoms with Crippen LogP contribution in [0.4, 0.5) is 0 Å². The third-order valence-electron chi connectivity index (χ3n) is 6.90. The molecule has 0 bridgehead atoms. The molecule has 0 spiro atoms. The van der Waals surface area contributed by atoms with Gasteiger partial charge in [-0.05, 0) is 60.1 Å². The molecule has 186 valence electrons. The Hall–Kier alpha value is -3.71. The lowest BCUT2D eigenvalue weighted by atomic mass is 10.0. The maximum absolute atomic E-state index is 13.3. The SMILES string of the molecule is CCOC(=O)C1OC1C(=O)NC(C(=O)NCc1ccc2ccccc2c1)C1CC1c1ccc(C)cc1. The van der Waals surface area contributed by atoms with Gasteiger partial charge in [0.05, 0.1) is 6.61 Å². The van der Waals surface area contributed by atoms with E-state index in [1.54, 1.807) is 6.92 Å². The number of carbonyl (C=O) groups excluding carboxylic acids is 3. The normalized spacial score (nSPS) is 22.9. The molecule has 3 aromatic carbocycles. The lowest BCUT2D eigenvalue weighted by molar-refractivity contribution is -0.144. The van der Waals surface area contributed by atoms with Gasteiger partial charge in [-0.2, -0.15) is 0 Å². The Morgan fingerprint density at radius 1 is 1.00 bits per heavy atom. The number of amides is 2. The van der Waals surface area contributed by atoms with Crippen LogP contribution in [0.2, 0.25) is 0 Å². The Bertz CT molecular complexity index is 1290.